The zero-order chi connectivity index (χ0) is 23.9. The molecular weight excluding hydrogens is 426 g/mol. The second kappa shape index (κ2) is 10.6. The lowest BCUT2D eigenvalue weighted by atomic mass is 10.0. The van der Waals surface area contributed by atoms with Gasteiger partial charge in [-0.25, -0.2) is 10.4 Å². The average molecular weight is 454 g/mol. The molecule has 0 aliphatic heterocycles. The van der Waals surface area contributed by atoms with Crippen molar-refractivity contribution < 1.29 is 14.3 Å². The van der Waals surface area contributed by atoms with Crippen LogP contribution in [0.4, 0.5) is 0 Å². The Labute approximate surface area is 199 Å². The molecule has 1 aromatic heterocycles. The van der Waals surface area contributed by atoms with E-state index < -0.39 is 0 Å². The van der Waals surface area contributed by atoms with E-state index in [1.807, 2.05) is 79.7 Å². The number of hydrogen-bond acceptors (Lipinski definition) is 5. The van der Waals surface area contributed by atoms with Crippen LogP contribution in [0, 0.1) is 0 Å². The van der Waals surface area contributed by atoms with E-state index in [-0.39, 0.29) is 12.0 Å². The maximum Gasteiger partial charge on any atom is 0.272 e. The Balaban J connectivity index is 1.57. The number of pyridine rings is 1. The largest absolute Gasteiger partial charge is 0.493 e. The number of carbonyl (C=O) groups is 1. The fourth-order valence-electron chi connectivity index (χ4n) is 3.51. The summed E-state index contributed by atoms with van der Waals surface area (Å²) in [4.78, 5) is 17.8. The molecule has 0 saturated heterocycles. The van der Waals surface area contributed by atoms with Gasteiger partial charge in [-0.1, -0.05) is 55.5 Å². The second-order valence-corrected chi connectivity index (χ2v) is 7.88. The second-order valence-electron chi connectivity index (χ2n) is 7.88. The Kier molecular flexibility index (Phi) is 7.18. The summed E-state index contributed by atoms with van der Waals surface area (Å²) in [5.41, 5.74) is 6.35. The van der Waals surface area contributed by atoms with Crippen LogP contribution < -0.4 is 14.9 Å². The van der Waals surface area contributed by atoms with Gasteiger partial charge in [0.15, 0.2) is 11.5 Å². The number of nitrogens with zero attached hydrogens (tertiary/aromatic N) is 2. The van der Waals surface area contributed by atoms with Crippen LogP contribution in [-0.2, 0) is 0 Å². The van der Waals surface area contributed by atoms with E-state index in [1.54, 1.807) is 19.4 Å². The number of benzene rings is 3. The molecule has 3 aromatic carbocycles. The van der Waals surface area contributed by atoms with Gasteiger partial charge in [0.25, 0.3) is 5.91 Å². The molecule has 6 nitrogen and oxygen atoms in total. The summed E-state index contributed by atoms with van der Waals surface area (Å²) in [5, 5.41) is 4.93. The lowest BCUT2D eigenvalue weighted by molar-refractivity contribution is 0.0956. The number of hydrazone groups is 1. The molecule has 34 heavy (non-hydrogen) atoms. The highest BCUT2D eigenvalue weighted by Crippen LogP contribution is 2.29. The molecule has 0 spiro atoms. The van der Waals surface area contributed by atoms with Crippen molar-refractivity contribution in [3.8, 4) is 22.8 Å². The molecular formula is C28H27N3O3. The van der Waals surface area contributed by atoms with Crippen LogP contribution in [0.5, 0.6) is 11.5 Å². The first-order chi connectivity index (χ1) is 16.6. The number of hydrogen-bond donors (Lipinski definition) is 1. The predicted molar refractivity (Wildman–Crippen MR) is 136 cm³/mol. The number of para-hydroxylation sites is 1. The first-order valence-electron chi connectivity index (χ1n) is 11.2. The third kappa shape index (κ3) is 5.23. The number of rotatable bonds is 8. The number of fused-ring (bicyclic) bond motifs is 1. The lowest BCUT2D eigenvalue weighted by Gasteiger charge is -2.15. The number of amides is 1. The van der Waals surface area contributed by atoms with Crippen molar-refractivity contribution in [2.24, 2.45) is 5.10 Å². The molecule has 0 unspecified atom stereocenters. The van der Waals surface area contributed by atoms with Gasteiger partial charge in [0.1, 0.15) is 0 Å². The zero-order valence-electron chi connectivity index (χ0n) is 19.5. The smallest absolute Gasteiger partial charge is 0.272 e. The van der Waals surface area contributed by atoms with Crippen LogP contribution in [0.3, 0.4) is 0 Å². The molecule has 4 rings (SSSR count). The molecule has 0 saturated carbocycles. The molecule has 0 fully saturated rings. The van der Waals surface area contributed by atoms with Crippen LogP contribution in [0.2, 0.25) is 0 Å². The Morgan fingerprint density at radius 2 is 1.79 bits per heavy atom. The van der Waals surface area contributed by atoms with Gasteiger partial charge in [-0.3, -0.25) is 4.79 Å². The topological polar surface area (TPSA) is 72.8 Å². The molecule has 6 heteroatoms. The van der Waals surface area contributed by atoms with E-state index in [1.165, 1.54) is 0 Å². The van der Waals surface area contributed by atoms with Gasteiger partial charge < -0.3 is 9.47 Å². The summed E-state index contributed by atoms with van der Waals surface area (Å²) in [7, 11) is 1.60. The van der Waals surface area contributed by atoms with Crippen LogP contribution in [0.15, 0.2) is 84.0 Å². The van der Waals surface area contributed by atoms with Crippen molar-refractivity contribution in [3.63, 3.8) is 0 Å². The average Bonchev–Trinajstić information content (AvgIpc) is 2.89. The number of methoxy groups -OCH3 is 1. The summed E-state index contributed by atoms with van der Waals surface area (Å²) in [6.45, 7) is 4.08. The number of carbonyl (C=O) groups excluding carboxylic acids is 1. The fraction of sp³-hybridized carbons (Fsp3) is 0.179. The third-order valence-corrected chi connectivity index (χ3v) is 5.50. The minimum absolute atomic E-state index is 0.0867. The van der Waals surface area contributed by atoms with E-state index in [4.69, 9.17) is 14.5 Å². The molecule has 4 aromatic rings. The van der Waals surface area contributed by atoms with Crippen molar-refractivity contribution in [3.05, 3.63) is 90.0 Å². The van der Waals surface area contributed by atoms with Crippen LogP contribution in [0.1, 0.15) is 36.2 Å². The van der Waals surface area contributed by atoms with Gasteiger partial charge >= 0.3 is 0 Å². The third-order valence-electron chi connectivity index (χ3n) is 5.50. The van der Waals surface area contributed by atoms with E-state index in [2.05, 4.69) is 17.5 Å². The highest BCUT2D eigenvalue weighted by atomic mass is 16.5. The van der Waals surface area contributed by atoms with E-state index in [9.17, 15) is 4.79 Å². The molecule has 0 aliphatic rings. The van der Waals surface area contributed by atoms with Crippen LogP contribution in [0.25, 0.3) is 22.2 Å². The van der Waals surface area contributed by atoms with Gasteiger partial charge in [0.2, 0.25) is 0 Å². The SMILES string of the molecule is CC[C@H](C)Oc1ccc(/C=N/NC(=O)c2cc(-c3ccccc3)nc3ccccc23)cc1OC. The Bertz CT molecular complexity index is 1320. The van der Waals surface area contributed by atoms with Gasteiger partial charge in [0.05, 0.1) is 36.2 Å². The van der Waals surface area contributed by atoms with Gasteiger partial charge in [-0.15, -0.1) is 0 Å². The summed E-state index contributed by atoms with van der Waals surface area (Å²) in [5.74, 6) is 0.980. The van der Waals surface area contributed by atoms with Gasteiger partial charge in [-0.2, -0.15) is 5.10 Å². The Morgan fingerprint density at radius 3 is 2.56 bits per heavy atom. The first-order valence-corrected chi connectivity index (χ1v) is 11.2. The summed E-state index contributed by atoms with van der Waals surface area (Å²) in [6.07, 6.45) is 2.56. The number of ether oxygens (including phenoxy) is 2. The van der Waals surface area contributed by atoms with Crippen LogP contribution >= 0.6 is 0 Å². The maximum absolute atomic E-state index is 13.1. The van der Waals surface area contributed by atoms with Gasteiger partial charge in [0, 0.05) is 10.9 Å². The van der Waals surface area contributed by atoms with Crippen LogP contribution in [-0.4, -0.2) is 30.3 Å². The molecule has 1 N–H and O–H groups in total. The monoisotopic (exact) mass is 453 g/mol. The van der Waals surface area contributed by atoms with Gasteiger partial charge in [-0.05, 0) is 49.2 Å². The highest BCUT2D eigenvalue weighted by Gasteiger charge is 2.14. The molecule has 1 heterocycles. The summed E-state index contributed by atoms with van der Waals surface area (Å²) >= 11 is 0. The zero-order valence-corrected chi connectivity index (χ0v) is 19.5. The predicted octanol–water partition coefficient (Wildman–Crippen LogP) is 5.85. The molecule has 1 amide bonds. The van der Waals surface area contributed by atoms with Crippen molar-refractivity contribution in [2.45, 2.75) is 26.4 Å². The van der Waals surface area contributed by atoms with Crippen molar-refractivity contribution in [1.29, 1.82) is 0 Å². The summed E-state index contributed by atoms with van der Waals surface area (Å²) in [6, 6.07) is 24.7. The number of nitrogens with one attached hydrogen (secondary N) is 1. The summed E-state index contributed by atoms with van der Waals surface area (Å²) < 4.78 is 11.3. The molecule has 1 atom stereocenters. The van der Waals surface area contributed by atoms with E-state index in [0.29, 0.717) is 17.1 Å². The minimum atomic E-state index is -0.310. The normalized spacial score (nSPS) is 12.0. The number of aromatic nitrogens is 1. The fourth-order valence-corrected chi connectivity index (χ4v) is 3.51. The maximum atomic E-state index is 13.1. The standard InChI is InChI=1S/C28H27N3O3/c1-4-19(2)34-26-15-14-20(16-27(26)33-3)18-29-31-28(32)23-17-25(21-10-6-5-7-11-21)30-24-13-9-8-12-22(23)24/h5-19H,4H2,1-3H3,(H,31,32)/b29-18+/t19-/m0/s1. The molecule has 0 bridgehead atoms. The Morgan fingerprint density at radius 1 is 1.03 bits per heavy atom. The highest BCUT2D eigenvalue weighted by molar-refractivity contribution is 6.07. The van der Waals surface area contributed by atoms with Crippen molar-refractivity contribution in [2.75, 3.05) is 7.11 Å². The molecule has 172 valence electrons. The molecule has 0 aliphatic carbocycles. The quantitative estimate of drug-likeness (QED) is 0.268. The van der Waals surface area contributed by atoms with Crippen molar-refractivity contribution in [1.82, 2.24) is 10.4 Å². The van der Waals surface area contributed by atoms with Crippen molar-refractivity contribution >= 4 is 23.0 Å². The minimum Gasteiger partial charge on any atom is -0.493 e. The molecule has 0 radical (unpaired) electrons. The van der Waals surface area contributed by atoms with E-state index >= 15 is 0 Å². The lowest BCUT2D eigenvalue weighted by Crippen LogP contribution is -2.18. The first kappa shape index (κ1) is 23.0. The Hall–Kier alpha value is -4.19. The van der Waals surface area contributed by atoms with E-state index in [0.717, 1.165) is 34.1 Å².